The summed E-state index contributed by atoms with van der Waals surface area (Å²) in [5.74, 6) is 0.905. The predicted molar refractivity (Wildman–Crippen MR) is 105 cm³/mol. The average Bonchev–Trinajstić information content (AvgIpc) is 2.64. The third-order valence-electron chi connectivity index (χ3n) is 4.71. The Labute approximate surface area is 152 Å². The number of hydrogen-bond donors (Lipinski definition) is 2. The van der Waals surface area contributed by atoms with E-state index in [1.54, 1.807) is 0 Å². The number of ether oxygens (including phenoxy) is 1. The molecule has 1 heterocycles. The van der Waals surface area contributed by atoms with Gasteiger partial charge in [0.25, 0.3) is 0 Å². The van der Waals surface area contributed by atoms with E-state index in [1.165, 1.54) is 11.1 Å². The molecule has 0 aromatic heterocycles. The van der Waals surface area contributed by atoms with Gasteiger partial charge in [-0.2, -0.15) is 0 Å². The molecule has 2 N–H and O–H groups in total. The molecule has 1 aliphatic rings. The van der Waals surface area contributed by atoms with Crippen LogP contribution in [0.5, 0.6) is 0 Å². The first-order valence-electron chi connectivity index (χ1n) is 9.57. The van der Waals surface area contributed by atoms with Gasteiger partial charge in [0.1, 0.15) is 0 Å². The monoisotopic (exact) mass is 346 g/mol. The second-order valence-electron chi connectivity index (χ2n) is 6.75. The van der Waals surface area contributed by atoms with Crippen LogP contribution in [-0.4, -0.2) is 56.3 Å². The fourth-order valence-corrected chi connectivity index (χ4v) is 2.94. The summed E-state index contributed by atoms with van der Waals surface area (Å²) in [7, 11) is 0. The maximum atomic E-state index is 5.53. The lowest BCUT2D eigenvalue weighted by Gasteiger charge is -2.34. The zero-order chi connectivity index (χ0) is 18.1. The van der Waals surface area contributed by atoms with Crippen LogP contribution in [0.2, 0.25) is 0 Å². The molecule has 1 aromatic rings. The number of benzene rings is 1. The number of hydrogen-bond acceptors (Lipinski definition) is 3. The quantitative estimate of drug-likeness (QED) is 0.589. The van der Waals surface area contributed by atoms with E-state index < -0.39 is 0 Å². The Balaban J connectivity index is 2.15. The Kier molecular flexibility index (Phi) is 8.22. The van der Waals surface area contributed by atoms with E-state index in [2.05, 4.69) is 67.5 Å². The Hall–Kier alpha value is -1.59. The van der Waals surface area contributed by atoms with Gasteiger partial charge in [0.15, 0.2) is 5.96 Å². The summed E-state index contributed by atoms with van der Waals surface area (Å²) in [5.41, 5.74) is 2.62. The van der Waals surface area contributed by atoms with Crippen LogP contribution in [0.4, 0.5) is 0 Å². The molecule has 1 saturated heterocycles. The fraction of sp³-hybridized carbons (Fsp3) is 0.650. The van der Waals surface area contributed by atoms with Crippen molar-refractivity contribution in [1.29, 1.82) is 0 Å². The van der Waals surface area contributed by atoms with Crippen LogP contribution in [0.1, 0.15) is 44.4 Å². The second kappa shape index (κ2) is 10.4. The molecule has 5 heteroatoms. The molecule has 0 bridgehead atoms. The molecule has 0 saturated carbocycles. The summed E-state index contributed by atoms with van der Waals surface area (Å²) < 4.78 is 5.53. The van der Waals surface area contributed by atoms with Crippen LogP contribution in [0.3, 0.4) is 0 Å². The van der Waals surface area contributed by atoms with Crippen LogP contribution in [0.25, 0.3) is 0 Å². The van der Waals surface area contributed by atoms with E-state index in [0.29, 0.717) is 6.04 Å². The second-order valence-corrected chi connectivity index (χ2v) is 6.75. The van der Waals surface area contributed by atoms with Gasteiger partial charge in [-0.1, -0.05) is 36.8 Å². The fourth-order valence-electron chi connectivity index (χ4n) is 2.94. The van der Waals surface area contributed by atoms with Crippen LogP contribution in [-0.2, 0) is 4.74 Å². The average molecular weight is 347 g/mol. The van der Waals surface area contributed by atoms with Gasteiger partial charge in [0.05, 0.1) is 25.8 Å². The lowest BCUT2D eigenvalue weighted by Crippen LogP contribution is -2.43. The molecule has 0 radical (unpaired) electrons. The van der Waals surface area contributed by atoms with Gasteiger partial charge in [-0.25, -0.2) is 0 Å². The molecule has 0 amide bonds. The van der Waals surface area contributed by atoms with Gasteiger partial charge in [0.2, 0.25) is 0 Å². The number of rotatable bonds is 7. The summed E-state index contributed by atoms with van der Waals surface area (Å²) in [4.78, 5) is 7.38. The van der Waals surface area contributed by atoms with Crippen molar-refractivity contribution in [2.45, 2.75) is 46.2 Å². The summed E-state index contributed by atoms with van der Waals surface area (Å²) >= 11 is 0. The lowest BCUT2D eigenvalue weighted by molar-refractivity contribution is 0.0179. The molecule has 0 spiro atoms. The summed E-state index contributed by atoms with van der Waals surface area (Å²) in [5, 5.41) is 6.84. The first kappa shape index (κ1) is 19.7. The van der Waals surface area contributed by atoms with Gasteiger partial charge >= 0.3 is 0 Å². The third-order valence-corrected chi connectivity index (χ3v) is 4.71. The van der Waals surface area contributed by atoms with Crippen molar-refractivity contribution in [3.05, 3.63) is 35.4 Å². The van der Waals surface area contributed by atoms with Crippen molar-refractivity contribution in [1.82, 2.24) is 15.5 Å². The van der Waals surface area contributed by atoms with Crippen molar-refractivity contribution in [2.75, 3.05) is 39.4 Å². The smallest absolute Gasteiger partial charge is 0.191 e. The number of nitrogens with zero attached hydrogens (tertiary/aromatic N) is 2. The van der Waals surface area contributed by atoms with E-state index in [-0.39, 0.29) is 6.04 Å². The Morgan fingerprint density at radius 2 is 1.88 bits per heavy atom. The molecule has 140 valence electrons. The molecule has 1 fully saturated rings. The van der Waals surface area contributed by atoms with Crippen molar-refractivity contribution in [3.8, 4) is 0 Å². The van der Waals surface area contributed by atoms with Crippen molar-refractivity contribution < 1.29 is 4.74 Å². The van der Waals surface area contributed by atoms with Crippen LogP contribution in [0.15, 0.2) is 29.3 Å². The summed E-state index contributed by atoms with van der Waals surface area (Å²) in [6, 6.07) is 9.56. The number of aryl methyl sites for hydroxylation is 1. The molecule has 1 aliphatic heterocycles. The van der Waals surface area contributed by atoms with Crippen LogP contribution < -0.4 is 10.6 Å². The predicted octanol–water partition coefficient (Wildman–Crippen LogP) is 2.72. The lowest BCUT2D eigenvalue weighted by atomic mass is 10.0. The van der Waals surface area contributed by atoms with Crippen molar-refractivity contribution in [3.63, 3.8) is 0 Å². The highest BCUT2D eigenvalue weighted by Gasteiger charge is 2.22. The topological polar surface area (TPSA) is 48.9 Å². The van der Waals surface area contributed by atoms with Gasteiger partial charge in [-0.05, 0) is 32.8 Å². The first-order chi connectivity index (χ1) is 12.1. The minimum absolute atomic E-state index is 0.289. The highest BCUT2D eigenvalue weighted by molar-refractivity contribution is 5.80. The highest BCUT2D eigenvalue weighted by Crippen LogP contribution is 2.22. The molecule has 2 atom stereocenters. The minimum Gasteiger partial charge on any atom is -0.379 e. The normalized spacial score (nSPS) is 18.6. The number of aliphatic imine (C=N–C) groups is 1. The minimum atomic E-state index is 0.289. The standard InChI is InChI=1S/C20H34N4O/c1-5-17(4)23-20(21-6-2)22-15-19(24-11-13-25-14-12-24)18-9-7-16(3)8-10-18/h7-10,17,19H,5-6,11-15H2,1-4H3,(H2,21,22,23). The van der Waals surface area contributed by atoms with E-state index in [4.69, 9.17) is 9.73 Å². The Morgan fingerprint density at radius 1 is 1.20 bits per heavy atom. The van der Waals surface area contributed by atoms with E-state index in [9.17, 15) is 0 Å². The molecule has 25 heavy (non-hydrogen) atoms. The zero-order valence-electron chi connectivity index (χ0n) is 16.2. The maximum absolute atomic E-state index is 5.53. The molecule has 0 aliphatic carbocycles. The van der Waals surface area contributed by atoms with Crippen molar-refractivity contribution >= 4 is 5.96 Å². The molecule has 2 rings (SSSR count). The van der Waals surface area contributed by atoms with Gasteiger partial charge < -0.3 is 15.4 Å². The van der Waals surface area contributed by atoms with E-state index in [1.807, 2.05) is 0 Å². The zero-order valence-corrected chi connectivity index (χ0v) is 16.2. The number of nitrogens with one attached hydrogen (secondary N) is 2. The maximum Gasteiger partial charge on any atom is 0.191 e. The van der Waals surface area contributed by atoms with Crippen molar-refractivity contribution in [2.24, 2.45) is 4.99 Å². The Bertz CT molecular complexity index is 523. The highest BCUT2D eigenvalue weighted by atomic mass is 16.5. The van der Waals surface area contributed by atoms with E-state index >= 15 is 0 Å². The van der Waals surface area contributed by atoms with Crippen LogP contribution >= 0.6 is 0 Å². The van der Waals surface area contributed by atoms with Crippen LogP contribution in [0, 0.1) is 6.92 Å². The SMILES string of the molecule is CCNC(=NCC(c1ccc(C)cc1)N1CCOCC1)NC(C)CC. The Morgan fingerprint density at radius 3 is 2.48 bits per heavy atom. The summed E-state index contributed by atoms with van der Waals surface area (Å²) in [6.07, 6.45) is 1.08. The van der Waals surface area contributed by atoms with E-state index in [0.717, 1.165) is 51.8 Å². The molecule has 1 aromatic carbocycles. The molecule has 2 unspecified atom stereocenters. The molecular weight excluding hydrogens is 312 g/mol. The third kappa shape index (κ3) is 6.33. The largest absolute Gasteiger partial charge is 0.379 e. The number of guanidine groups is 1. The molecule has 5 nitrogen and oxygen atoms in total. The van der Waals surface area contributed by atoms with Gasteiger partial charge in [-0.3, -0.25) is 9.89 Å². The molecular formula is C20H34N4O. The van der Waals surface area contributed by atoms with Gasteiger partial charge in [-0.15, -0.1) is 0 Å². The number of morpholine rings is 1. The first-order valence-corrected chi connectivity index (χ1v) is 9.57. The summed E-state index contributed by atoms with van der Waals surface area (Å²) in [6.45, 7) is 13.7. The van der Waals surface area contributed by atoms with Gasteiger partial charge in [0, 0.05) is 25.7 Å².